The van der Waals surface area contributed by atoms with Gasteiger partial charge in [-0.2, -0.15) is 0 Å². The Kier molecular flexibility index (Phi) is 7.20. The van der Waals surface area contributed by atoms with Crippen LogP contribution >= 0.6 is 0 Å². The Bertz CT molecular complexity index is 217. The van der Waals surface area contributed by atoms with Crippen LogP contribution in [0.15, 0.2) is 0 Å². The van der Waals surface area contributed by atoms with Crippen LogP contribution in [0.2, 0.25) is 0 Å². The molecule has 0 aromatic rings. The van der Waals surface area contributed by atoms with Gasteiger partial charge in [0.25, 0.3) is 0 Å². The van der Waals surface area contributed by atoms with E-state index in [2.05, 4.69) is 25.7 Å². The topological polar surface area (TPSA) is 32.7 Å². The third-order valence-corrected chi connectivity index (χ3v) is 4.50. The largest absolute Gasteiger partial charge is 0.391 e. The Balaban J connectivity index is 2.45. The molecule has 1 aliphatic heterocycles. The van der Waals surface area contributed by atoms with Gasteiger partial charge in [-0.05, 0) is 19.8 Å². The van der Waals surface area contributed by atoms with Crippen molar-refractivity contribution >= 4 is 0 Å². The second-order valence-electron chi connectivity index (χ2n) is 5.68. The molecule has 18 heavy (non-hydrogen) atoms. The molecule has 0 bridgehead atoms. The predicted molar refractivity (Wildman–Crippen MR) is 75.9 cm³/mol. The Morgan fingerprint density at radius 2 is 1.83 bits per heavy atom. The molecule has 3 nitrogen and oxygen atoms in total. The summed E-state index contributed by atoms with van der Waals surface area (Å²) in [7, 11) is 0. The van der Waals surface area contributed by atoms with Gasteiger partial charge in [-0.25, -0.2) is 0 Å². The SMILES string of the molecule is CCCCCCC(O)C(C)(CC)N1CCOCC1. The highest BCUT2D eigenvalue weighted by atomic mass is 16.5. The fourth-order valence-electron chi connectivity index (χ4n) is 2.82. The first-order valence-electron chi connectivity index (χ1n) is 7.66. The van der Waals surface area contributed by atoms with Crippen LogP contribution in [-0.2, 0) is 4.74 Å². The van der Waals surface area contributed by atoms with Crippen molar-refractivity contribution in [2.45, 2.75) is 70.9 Å². The van der Waals surface area contributed by atoms with E-state index in [1.807, 2.05) is 0 Å². The molecule has 1 N–H and O–H groups in total. The summed E-state index contributed by atoms with van der Waals surface area (Å²) in [6.07, 6.45) is 6.66. The first kappa shape index (κ1) is 15.9. The van der Waals surface area contributed by atoms with Crippen LogP contribution < -0.4 is 0 Å². The monoisotopic (exact) mass is 257 g/mol. The number of nitrogens with zero attached hydrogens (tertiary/aromatic N) is 1. The predicted octanol–water partition coefficient (Wildman–Crippen LogP) is 2.82. The van der Waals surface area contributed by atoms with Crippen molar-refractivity contribution < 1.29 is 9.84 Å². The van der Waals surface area contributed by atoms with E-state index < -0.39 is 0 Å². The molecule has 1 rings (SSSR count). The van der Waals surface area contributed by atoms with Gasteiger partial charge in [-0.1, -0.05) is 39.5 Å². The van der Waals surface area contributed by atoms with Crippen molar-refractivity contribution in [1.29, 1.82) is 0 Å². The van der Waals surface area contributed by atoms with Gasteiger partial charge in [0.15, 0.2) is 0 Å². The number of rotatable bonds is 8. The third kappa shape index (κ3) is 4.22. The maximum absolute atomic E-state index is 10.5. The molecule has 1 fully saturated rings. The number of morpholine rings is 1. The molecular formula is C15H31NO2. The summed E-state index contributed by atoms with van der Waals surface area (Å²) in [4.78, 5) is 2.42. The Morgan fingerprint density at radius 3 is 2.39 bits per heavy atom. The molecule has 0 aromatic carbocycles. The van der Waals surface area contributed by atoms with Crippen molar-refractivity contribution in [1.82, 2.24) is 4.90 Å². The third-order valence-electron chi connectivity index (χ3n) is 4.50. The molecule has 0 aromatic heterocycles. The average molecular weight is 257 g/mol. The second kappa shape index (κ2) is 8.13. The van der Waals surface area contributed by atoms with Crippen LogP contribution in [0.4, 0.5) is 0 Å². The molecule has 2 atom stereocenters. The summed E-state index contributed by atoms with van der Waals surface area (Å²) in [6.45, 7) is 10.1. The van der Waals surface area contributed by atoms with Crippen LogP contribution in [0.1, 0.15) is 59.3 Å². The average Bonchev–Trinajstić information content (AvgIpc) is 2.43. The summed E-state index contributed by atoms with van der Waals surface area (Å²) in [6, 6.07) is 0. The molecule has 0 aliphatic carbocycles. The zero-order valence-electron chi connectivity index (χ0n) is 12.5. The van der Waals surface area contributed by atoms with E-state index in [0.717, 1.165) is 45.6 Å². The lowest BCUT2D eigenvalue weighted by Gasteiger charge is -2.46. The quantitative estimate of drug-likeness (QED) is 0.679. The number of hydrogen-bond acceptors (Lipinski definition) is 3. The van der Waals surface area contributed by atoms with E-state index in [9.17, 15) is 5.11 Å². The van der Waals surface area contributed by atoms with Crippen molar-refractivity contribution in [3.63, 3.8) is 0 Å². The molecule has 1 aliphatic rings. The van der Waals surface area contributed by atoms with Gasteiger partial charge in [0.05, 0.1) is 19.3 Å². The minimum absolute atomic E-state index is 0.0734. The smallest absolute Gasteiger partial charge is 0.0721 e. The molecule has 3 heteroatoms. The van der Waals surface area contributed by atoms with Crippen molar-refractivity contribution in [2.75, 3.05) is 26.3 Å². The highest BCUT2D eigenvalue weighted by Gasteiger charge is 2.37. The molecule has 0 radical (unpaired) electrons. The highest BCUT2D eigenvalue weighted by Crippen LogP contribution is 2.27. The molecule has 0 spiro atoms. The first-order chi connectivity index (χ1) is 8.65. The van der Waals surface area contributed by atoms with Crippen LogP contribution in [0.25, 0.3) is 0 Å². The van der Waals surface area contributed by atoms with Gasteiger partial charge in [-0.15, -0.1) is 0 Å². The van der Waals surface area contributed by atoms with Crippen LogP contribution in [-0.4, -0.2) is 48.0 Å². The summed E-state index contributed by atoms with van der Waals surface area (Å²) in [5.41, 5.74) is -0.0734. The normalized spacial score (nSPS) is 22.7. The van der Waals surface area contributed by atoms with Gasteiger partial charge in [-0.3, -0.25) is 4.90 Å². The zero-order valence-corrected chi connectivity index (χ0v) is 12.5. The number of unbranched alkanes of at least 4 members (excludes halogenated alkanes) is 3. The minimum Gasteiger partial charge on any atom is -0.391 e. The Hall–Kier alpha value is -0.120. The summed E-state index contributed by atoms with van der Waals surface area (Å²) in [5, 5.41) is 10.5. The second-order valence-corrected chi connectivity index (χ2v) is 5.68. The van der Waals surface area contributed by atoms with Gasteiger partial charge in [0.1, 0.15) is 0 Å². The maximum atomic E-state index is 10.5. The number of hydrogen-bond donors (Lipinski definition) is 1. The van der Waals surface area contributed by atoms with E-state index in [1.165, 1.54) is 19.3 Å². The van der Waals surface area contributed by atoms with Gasteiger partial charge in [0, 0.05) is 18.6 Å². The number of aliphatic hydroxyl groups is 1. The van der Waals surface area contributed by atoms with Crippen molar-refractivity contribution in [3.05, 3.63) is 0 Å². The Morgan fingerprint density at radius 1 is 1.17 bits per heavy atom. The van der Waals surface area contributed by atoms with Crippen molar-refractivity contribution in [3.8, 4) is 0 Å². The maximum Gasteiger partial charge on any atom is 0.0721 e. The molecule has 0 amide bonds. The van der Waals surface area contributed by atoms with Gasteiger partial charge in [0.2, 0.25) is 0 Å². The van der Waals surface area contributed by atoms with Crippen LogP contribution in [0, 0.1) is 0 Å². The summed E-state index contributed by atoms with van der Waals surface area (Å²) < 4.78 is 5.41. The minimum atomic E-state index is -0.211. The molecule has 2 unspecified atom stereocenters. The number of ether oxygens (including phenoxy) is 1. The van der Waals surface area contributed by atoms with Crippen molar-refractivity contribution in [2.24, 2.45) is 0 Å². The standard InChI is InChI=1S/C15H31NO2/c1-4-6-7-8-9-14(17)15(3,5-2)16-10-12-18-13-11-16/h14,17H,4-13H2,1-3H3. The Labute approximate surface area is 113 Å². The van der Waals surface area contributed by atoms with E-state index in [1.54, 1.807) is 0 Å². The summed E-state index contributed by atoms with van der Waals surface area (Å²) >= 11 is 0. The molecule has 108 valence electrons. The van der Waals surface area contributed by atoms with Gasteiger partial charge < -0.3 is 9.84 Å². The lowest BCUT2D eigenvalue weighted by molar-refractivity contribution is -0.0745. The lowest BCUT2D eigenvalue weighted by atomic mass is 9.86. The molecule has 0 saturated carbocycles. The molecule has 1 saturated heterocycles. The molecule has 1 heterocycles. The summed E-state index contributed by atoms with van der Waals surface area (Å²) in [5.74, 6) is 0. The highest BCUT2D eigenvalue weighted by molar-refractivity contribution is 4.92. The fourth-order valence-corrected chi connectivity index (χ4v) is 2.82. The zero-order chi connectivity index (χ0) is 13.4. The van der Waals surface area contributed by atoms with Crippen LogP contribution in [0.3, 0.4) is 0 Å². The van der Waals surface area contributed by atoms with Crippen LogP contribution in [0.5, 0.6) is 0 Å². The molecular weight excluding hydrogens is 226 g/mol. The lowest BCUT2D eigenvalue weighted by Crippen LogP contribution is -2.57. The fraction of sp³-hybridized carbons (Fsp3) is 1.00. The first-order valence-corrected chi connectivity index (χ1v) is 7.66. The van der Waals surface area contributed by atoms with Gasteiger partial charge >= 0.3 is 0 Å². The van der Waals surface area contributed by atoms with E-state index in [0.29, 0.717) is 0 Å². The van der Waals surface area contributed by atoms with E-state index >= 15 is 0 Å². The number of aliphatic hydroxyl groups excluding tert-OH is 1. The van der Waals surface area contributed by atoms with E-state index in [-0.39, 0.29) is 11.6 Å². The van der Waals surface area contributed by atoms with E-state index in [4.69, 9.17) is 4.74 Å².